The second kappa shape index (κ2) is 17.0. The largest absolute Gasteiger partial charge is 0.484 e. The van der Waals surface area contributed by atoms with Crippen LogP contribution in [-0.4, -0.2) is 93.8 Å². The summed E-state index contributed by atoms with van der Waals surface area (Å²) in [6.07, 6.45) is 10.7. The fourth-order valence-electron chi connectivity index (χ4n) is 9.77. The molecule has 0 radical (unpaired) electrons. The molecule has 9 heteroatoms. The van der Waals surface area contributed by atoms with Crippen LogP contribution in [-0.2, 0) is 28.1 Å². The zero-order valence-corrected chi connectivity index (χ0v) is 34.7. The number of hydrogen-bond donors (Lipinski definition) is 1. The molecule has 4 aromatic rings. The highest BCUT2D eigenvalue weighted by atomic mass is 28.4. The lowest BCUT2D eigenvalue weighted by Gasteiger charge is -2.50. The van der Waals surface area contributed by atoms with E-state index in [1.807, 2.05) is 36.4 Å². The van der Waals surface area contributed by atoms with Crippen molar-refractivity contribution in [2.75, 3.05) is 13.2 Å². The maximum absolute atomic E-state index is 11.4. The third-order valence-corrected chi connectivity index (χ3v) is 17.6. The van der Waals surface area contributed by atoms with Crippen LogP contribution < -0.4 is 15.1 Å². The summed E-state index contributed by atoms with van der Waals surface area (Å²) in [6.45, 7) is 7.76. The van der Waals surface area contributed by atoms with Gasteiger partial charge in [-0.3, -0.25) is 0 Å². The van der Waals surface area contributed by atoms with Gasteiger partial charge in [0.25, 0.3) is 8.32 Å². The van der Waals surface area contributed by atoms with Crippen molar-refractivity contribution >= 4 is 29.5 Å². The number of benzene rings is 4. The molecule has 5 heterocycles. The van der Waals surface area contributed by atoms with Gasteiger partial charge in [-0.15, -0.1) is 0 Å². The SMILES string of the molecule is CC(C)(C)[Si](OCC[C@H]1O[C@H]2C=C[C@H]3O[C@H]4[C@H](Oc5cccc6ccccc56)[C@H]5OCC=CC[C@@H]5O[C@@H]4C[C@@H]3O[C@@H]2C/C=C\[C@@H]1O)(c1ccccc1)c1ccccc1. The Labute approximate surface area is 343 Å². The molecule has 1 N–H and O–H groups in total. The Kier molecular flexibility index (Phi) is 11.6. The molecule has 9 rings (SSSR count). The first-order valence-corrected chi connectivity index (χ1v) is 23.0. The Balaban J connectivity index is 0.945. The maximum Gasteiger partial charge on any atom is 0.261 e. The molecular weight excluding hydrogens is 745 g/mol. The second-order valence-corrected chi connectivity index (χ2v) is 21.6. The molecule has 0 aliphatic carbocycles. The first-order valence-electron chi connectivity index (χ1n) is 21.1. The Morgan fingerprint density at radius 1 is 0.655 bits per heavy atom. The van der Waals surface area contributed by atoms with E-state index in [1.54, 1.807) is 0 Å². The first kappa shape index (κ1) is 39.6. The molecule has 2 saturated heterocycles. The summed E-state index contributed by atoms with van der Waals surface area (Å²) in [5.41, 5.74) is 0. The lowest BCUT2D eigenvalue weighted by atomic mass is 9.87. The number of aliphatic hydroxyl groups excluding tert-OH is 1. The highest BCUT2D eigenvalue weighted by Crippen LogP contribution is 2.42. The van der Waals surface area contributed by atoms with Crippen molar-refractivity contribution < 1.29 is 38.0 Å². The van der Waals surface area contributed by atoms with Crippen molar-refractivity contribution in [3.8, 4) is 5.75 Å². The smallest absolute Gasteiger partial charge is 0.261 e. The molecule has 5 aliphatic rings. The third-order valence-electron chi connectivity index (χ3n) is 12.6. The van der Waals surface area contributed by atoms with E-state index in [4.69, 9.17) is 32.8 Å². The van der Waals surface area contributed by atoms with Gasteiger partial charge in [-0.25, -0.2) is 0 Å². The number of aliphatic hydroxyl groups is 1. The Morgan fingerprint density at radius 3 is 2.09 bits per heavy atom. The predicted molar refractivity (Wildman–Crippen MR) is 228 cm³/mol. The summed E-state index contributed by atoms with van der Waals surface area (Å²) >= 11 is 0. The van der Waals surface area contributed by atoms with Gasteiger partial charge in [0.15, 0.2) is 6.10 Å². The van der Waals surface area contributed by atoms with Gasteiger partial charge in [-0.2, -0.15) is 0 Å². The molecule has 0 aromatic heterocycles. The summed E-state index contributed by atoms with van der Waals surface area (Å²) in [7, 11) is -2.76. The van der Waals surface area contributed by atoms with E-state index in [2.05, 4.69) is 124 Å². The van der Waals surface area contributed by atoms with Gasteiger partial charge in [0.1, 0.15) is 30.2 Å². The molecule has 2 fully saturated rings. The quantitative estimate of drug-likeness (QED) is 0.148. The van der Waals surface area contributed by atoms with Crippen molar-refractivity contribution in [1.82, 2.24) is 0 Å². The van der Waals surface area contributed by atoms with Crippen LogP contribution in [0.25, 0.3) is 10.8 Å². The van der Waals surface area contributed by atoms with Crippen molar-refractivity contribution in [2.45, 2.75) is 119 Å². The van der Waals surface area contributed by atoms with Crippen molar-refractivity contribution in [2.24, 2.45) is 0 Å². The molecule has 0 unspecified atom stereocenters. The Morgan fingerprint density at radius 2 is 1.33 bits per heavy atom. The topological polar surface area (TPSA) is 84.8 Å². The van der Waals surface area contributed by atoms with Gasteiger partial charge < -0.3 is 38.0 Å². The molecule has 11 atom stereocenters. The summed E-state index contributed by atoms with van der Waals surface area (Å²) < 4.78 is 48.2. The molecule has 0 spiro atoms. The summed E-state index contributed by atoms with van der Waals surface area (Å²) in [5.74, 6) is 0.809. The van der Waals surface area contributed by atoms with Crippen LogP contribution >= 0.6 is 0 Å². The van der Waals surface area contributed by atoms with Crippen LogP contribution in [0.2, 0.25) is 5.04 Å². The van der Waals surface area contributed by atoms with E-state index >= 15 is 0 Å². The second-order valence-electron chi connectivity index (χ2n) is 17.3. The van der Waals surface area contributed by atoms with Gasteiger partial charge in [-0.05, 0) is 46.1 Å². The number of rotatable bonds is 8. The zero-order chi connectivity index (χ0) is 39.7. The van der Waals surface area contributed by atoms with Gasteiger partial charge in [0, 0.05) is 18.4 Å². The fraction of sp³-hybridized carbons (Fsp3) is 0.429. The van der Waals surface area contributed by atoms with Crippen molar-refractivity contribution in [3.05, 3.63) is 140 Å². The first-order chi connectivity index (χ1) is 28.3. The van der Waals surface area contributed by atoms with Gasteiger partial charge in [0.05, 0.1) is 43.2 Å². The maximum atomic E-state index is 11.4. The molecular formula is C49H56O8Si. The highest BCUT2D eigenvalue weighted by molar-refractivity contribution is 6.99. The van der Waals surface area contributed by atoms with Crippen molar-refractivity contribution in [1.29, 1.82) is 0 Å². The van der Waals surface area contributed by atoms with Crippen LogP contribution in [0.15, 0.2) is 140 Å². The van der Waals surface area contributed by atoms with Crippen LogP contribution in [0.1, 0.15) is 46.5 Å². The number of ether oxygens (including phenoxy) is 6. The van der Waals surface area contributed by atoms with E-state index in [1.165, 1.54) is 10.4 Å². The minimum atomic E-state index is -2.76. The van der Waals surface area contributed by atoms with E-state index in [9.17, 15) is 5.11 Å². The highest BCUT2D eigenvalue weighted by Gasteiger charge is 2.54. The van der Waals surface area contributed by atoms with Crippen LogP contribution in [0.5, 0.6) is 5.75 Å². The van der Waals surface area contributed by atoms with E-state index in [0.717, 1.165) is 22.9 Å². The number of hydrogen-bond acceptors (Lipinski definition) is 8. The molecule has 0 bridgehead atoms. The average molecular weight is 801 g/mol. The van der Waals surface area contributed by atoms with E-state index < -0.39 is 32.7 Å². The lowest BCUT2D eigenvalue weighted by molar-refractivity contribution is -0.281. The summed E-state index contributed by atoms with van der Waals surface area (Å²) in [5, 5.41) is 15.9. The minimum absolute atomic E-state index is 0.158. The molecule has 58 heavy (non-hydrogen) atoms. The molecule has 4 aromatic carbocycles. The zero-order valence-electron chi connectivity index (χ0n) is 33.7. The summed E-state index contributed by atoms with van der Waals surface area (Å²) in [4.78, 5) is 0. The monoisotopic (exact) mass is 800 g/mol. The minimum Gasteiger partial charge on any atom is -0.484 e. The molecule has 304 valence electrons. The van der Waals surface area contributed by atoms with E-state index in [-0.39, 0.29) is 47.8 Å². The molecule has 0 amide bonds. The fourth-order valence-corrected chi connectivity index (χ4v) is 14.3. The van der Waals surface area contributed by atoms with Gasteiger partial charge in [-0.1, -0.05) is 154 Å². The Bertz CT molecular complexity index is 2040. The van der Waals surface area contributed by atoms with Gasteiger partial charge in [0.2, 0.25) is 0 Å². The van der Waals surface area contributed by atoms with Crippen LogP contribution in [0.4, 0.5) is 0 Å². The normalized spacial score (nSPS) is 32.9. The predicted octanol–water partition coefficient (Wildman–Crippen LogP) is 7.22. The standard InChI is InChI=1S/C49H56O8Si/c1-49(2,3)58(34-18-6-4-7-19-34,35-20-8-5-9-21-35)52-31-29-39-37(50)23-15-26-40-41(53-39)27-28-42-44(54-40)32-45-47(57-42)48(46-43(55-45)24-12-13-30-51-46)56-38-25-14-17-33-16-10-11-22-36(33)38/h4-23,25,27-28,37,39-48,50H,24,26,29-32H2,1-3H3/b23-15-/t37-,39+,40+,41-,42+,43-,44-,45+,46-,47+,48+/m0/s1. The van der Waals surface area contributed by atoms with E-state index in [0.29, 0.717) is 32.5 Å². The Hall–Kier alpha value is -3.90. The average Bonchev–Trinajstić information content (AvgIpc) is 3.57. The lowest BCUT2D eigenvalue weighted by Crippen LogP contribution is -2.66. The van der Waals surface area contributed by atoms with Crippen molar-refractivity contribution in [3.63, 3.8) is 0 Å². The van der Waals surface area contributed by atoms with Gasteiger partial charge >= 0.3 is 0 Å². The van der Waals surface area contributed by atoms with Crippen LogP contribution in [0, 0.1) is 0 Å². The molecule has 8 nitrogen and oxygen atoms in total. The molecule has 5 aliphatic heterocycles. The van der Waals surface area contributed by atoms with Crippen LogP contribution in [0.3, 0.4) is 0 Å². The number of fused-ring (bicyclic) bond motifs is 5. The molecule has 0 saturated carbocycles. The third kappa shape index (κ3) is 7.79. The summed E-state index contributed by atoms with van der Waals surface area (Å²) in [6, 6.07) is 35.8.